The molecule has 1 fully saturated rings. The summed E-state index contributed by atoms with van der Waals surface area (Å²) in [5.74, 6) is 0.806. The first-order valence-electron chi connectivity index (χ1n) is 11.2. The largest absolute Gasteiger partial charge is 0.375 e. The second kappa shape index (κ2) is 10.2. The minimum Gasteiger partial charge on any atom is -0.375 e. The van der Waals surface area contributed by atoms with Gasteiger partial charge in [-0.25, -0.2) is 15.0 Å². The van der Waals surface area contributed by atoms with Crippen molar-refractivity contribution in [3.8, 4) is 11.3 Å². The summed E-state index contributed by atoms with van der Waals surface area (Å²) in [6.07, 6.45) is 6.34. The van der Waals surface area contributed by atoms with Gasteiger partial charge in [0.15, 0.2) is 5.13 Å². The number of fused-ring (bicyclic) bond motifs is 1. The minimum atomic E-state index is 0.0574. The number of carbonyl (C=O) groups excluding carboxylic acids is 1. The van der Waals surface area contributed by atoms with Gasteiger partial charge in [0.2, 0.25) is 5.91 Å². The van der Waals surface area contributed by atoms with Crippen molar-refractivity contribution in [1.29, 1.82) is 0 Å². The van der Waals surface area contributed by atoms with Crippen molar-refractivity contribution in [2.24, 2.45) is 0 Å². The van der Waals surface area contributed by atoms with E-state index in [0.29, 0.717) is 0 Å². The Balaban J connectivity index is 1.24. The zero-order chi connectivity index (χ0) is 23.3. The van der Waals surface area contributed by atoms with Gasteiger partial charge in [-0.2, -0.15) is 5.10 Å². The second-order valence-electron chi connectivity index (χ2n) is 8.14. The first-order valence-corrected chi connectivity index (χ1v) is 12.0. The van der Waals surface area contributed by atoms with Gasteiger partial charge in [-0.05, 0) is 36.2 Å². The van der Waals surface area contributed by atoms with E-state index in [4.69, 9.17) is 9.72 Å². The molecule has 4 aromatic heterocycles. The number of aromatic amines is 1. The molecule has 5 heterocycles. The average molecular weight is 479 g/mol. The molecule has 1 aliphatic heterocycles. The maximum atomic E-state index is 12.1. The molecule has 176 valence electrons. The number of rotatable bonds is 7. The van der Waals surface area contributed by atoms with Gasteiger partial charge in [-0.3, -0.25) is 14.8 Å². The molecule has 5 rings (SSSR count). The quantitative estimate of drug-likeness (QED) is 0.417. The van der Waals surface area contributed by atoms with Crippen LogP contribution in [-0.2, 0) is 16.1 Å². The number of ether oxygens (including phenoxy) is 1. The molecule has 1 saturated heterocycles. The molecular formula is C23H26N8O2S. The first kappa shape index (κ1) is 22.4. The molecule has 0 aromatic carbocycles. The van der Waals surface area contributed by atoms with E-state index in [2.05, 4.69) is 36.4 Å². The minimum absolute atomic E-state index is 0.0574. The molecular weight excluding hydrogens is 452 g/mol. The number of thiazole rings is 1. The van der Waals surface area contributed by atoms with Crippen molar-refractivity contribution in [3.63, 3.8) is 0 Å². The summed E-state index contributed by atoms with van der Waals surface area (Å²) in [6.45, 7) is 4.23. The van der Waals surface area contributed by atoms with E-state index in [9.17, 15) is 4.79 Å². The number of hydrogen-bond donors (Lipinski definition) is 2. The Kier molecular flexibility index (Phi) is 6.74. The number of pyridine rings is 2. The maximum absolute atomic E-state index is 12.1. The van der Waals surface area contributed by atoms with Crippen LogP contribution >= 0.6 is 11.3 Å². The Bertz CT molecular complexity index is 1260. The lowest BCUT2D eigenvalue weighted by atomic mass is 10.2. The number of nitrogens with zero attached hydrogens (tertiary/aromatic N) is 6. The monoisotopic (exact) mass is 478 g/mol. The lowest BCUT2D eigenvalue weighted by Crippen LogP contribution is -2.37. The summed E-state index contributed by atoms with van der Waals surface area (Å²) < 4.78 is 4.99. The van der Waals surface area contributed by atoms with Gasteiger partial charge in [-0.15, -0.1) is 0 Å². The van der Waals surface area contributed by atoms with Gasteiger partial charge in [-0.1, -0.05) is 11.3 Å². The molecule has 0 radical (unpaired) electrons. The van der Waals surface area contributed by atoms with Crippen LogP contribution in [0.1, 0.15) is 12.0 Å². The lowest BCUT2D eigenvalue weighted by molar-refractivity contribution is -0.135. The highest BCUT2D eigenvalue weighted by atomic mass is 32.1. The molecule has 4 aromatic rings. The Morgan fingerprint density at radius 3 is 3.00 bits per heavy atom. The fraction of sp³-hybridized carbons (Fsp3) is 0.348. The van der Waals surface area contributed by atoms with Gasteiger partial charge in [0.1, 0.15) is 22.8 Å². The molecule has 0 bridgehead atoms. The first-order chi connectivity index (χ1) is 16.7. The number of hydrogen-bond acceptors (Lipinski definition) is 9. The third-order valence-corrected chi connectivity index (χ3v) is 6.60. The molecule has 2 N–H and O–H groups in total. The van der Waals surface area contributed by atoms with Crippen LogP contribution in [0.4, 0.5) is 10.9 Å². The number of methoxy groups -OCH3 is 1. The lowest BCUT2D eigenvalue weighted by Gasteiger charge is -2.22. The van der Waals surface area contributed by atoms with E-state index in [0.717, 1.165) is 77.3 Å². The van der Waals surface area contributed by atoms with Crippen molar-refractivity contribution >= 4 is 38.5 Å². The predicted molar refractivity (Wildman–Crippen MR) is 131 cm³/mol. The Morgan fingerprint density at radius 2 is 2.15 bits per heavy atom. The molecule has 0 atom stereocenters. The number of anilines is 2. The highest BCUT2D eigenvalue weighted by Crippen LogP contribution is 2.29. The van der Waals surface area contributed by atoms with Crippen LogP contribution in [0, 0.1) is 0 Å². The molecule has 10 nitrogen and oxygen atoms in total. The highest BCUT2D eigenvalue weighted by Gasteiger charge is 2.19. The summed E-state index contributed by atoms with van der Waals surface area (Å²) in [5.41, 5.74) is 3.80. The van der Waals surface area contributed by atoms with Crippen LogP contribution in [0.15, 0.2) is 42.9 Å². The normalized spacial score (nSPS) is 14.9. The molecule has 1 aliphatic rings. The van der Waals surface area contributed by atoms with E-state index in [1.54, 1.807) is 13.3 Å². The van der Waals surface area contributed by atoms with E-state index in [1.165, 1.54) is 11.3 Å². The molecule has 0 unspecified atom stereocenters. The SMILES string of the molecule is COCC(=O)N1CCCN(Cc2ccnc(Nc3nc4ccc(-c5cn[nH]c5)nc4s3)c2)CC1. The molecule has 0 aliphatic carbocycles. The van der Waals surface area contributed by atoms with Gasteiger partial charge in [0.25, 0.3) is 0 Å². The molecule has 0 spiro atoms. The number of amides is 1. The summed E-state index contributed by atoms with van der Waals surface area (Å²) in [7, 11) is 1.56. The summed E-state index contributed by atoms with van der Waals surface area (Å²) in [5, 5.41) is 10.9. The summed E-state index contributed by atoms with van der Waals surface area (Å²) in [4.78, 5) is 31.1. The maximum Gasteiger partial charge on any atom is 0.248 e. The standard InChI is InChI=1S/C23H26N8O2S/c1-33-15-21(32)31-8-2-7-30(9-10-31)14-16-5-6-24-20(11-16)29-23-28-19-4-3-18(27-22(19)34-23)17-12-25-26-13-17/h3-6,11-13H,2,7-10,14-15H2,1H3,(H,25,26)(H,24,28,29). The van der Waals surface area contributed by atoms with Gasteiger partial charge >= 0.3 is 0 Å². The second-order valence-corrected chi connectivity index (χ2v) is 9.12. The Labute approximate surface area is 201 Å². The van der Waals surface area contributed by atoms with Crippen molar-refractivity contribution in [2.75, 3.05) is 45.2 Å². The zero-order valence-corrected chi connectivity index (χ0v) is 19.7. The van der Waals surface area contributed by atoms with Crippen molar-refractivity contribution in [2.45, 2.75) is 13.0 Å². The van der Waals surface area contributed by atoms with Crippen LogP contribution in [0.2, 0.25) is 0 Å². The van der Waals surface area contributed by atoms with Crippen LogP contribution in [0.3, 0.4) is 0 Å². The van der Waals surface area contributed by atoms with Gasteiger partial charge in [0.05, 0.1) is 11.9 Å². The zero-order valence-electron chi connectivity index (χ0n) is 18.9. The average Bonchev–Trinajstić information content (AvgIpc) is 3.45. The Hall–Kier alpha value is -3.41. The van der Waals surface area contributed by atoms with E-state index in [-0.39, 0.29) is 12.5 Å². The van der Waals surface area contributed by atoms with E-state index >= 15 is 0 Å². The highest BCUT2D eigenvalue weighted by molar-refractivity contribution is 7.21. The molecule has 11 heteroatoms. The van der Waals surface area contributed by atoms with Crippen molar-refractivity contribution < 1.29 is 9.53 Å². The fourth-order valence-corrected chi connectivity index (χ4v) is 4.87. The number of H-pyrrole nitrogens is 1. The van der Waals surface area contributed by atoms with E-state index < -0.39 is 0 Å². The van der Waals surface area contributed by atoms with Crippen molar-refractivity contribution in [3.05, 3.63) is 48.4 Å². The van der Waals surface area contributed by atoms with Crippen LogP contribution in [0.5, 0.6) is 0 Å². The van der Waals surface area contributed by atoms with Crippen LogP contribution in [-0.4, -0.2) is 80.8 Å². The molecule has 1 amide bonds. The summed E-state index contributed by atoms with van der Waals surface area (Å²) in [6, 6.07) is 7.99. The van der Waals surface area contributed by atoms with Gasteiger partial charge < -0.3 is 15.0 Å². The third kappa shape index (κ3) is 5.22. The summed E-state index contributed by atoms with van der Waals surface area (Å²) >= 11 is 1.49. The number of carbonyl (C=O) groups is 1. The van der Waals surface area contributed by atoms with Crippen LogP contribution in [0.25, 0.3) is 21.6 Å². The van der Waals surface area contributed by atoms with Crippen LogP contribution < -0.4 is 5.32 Å². The van der Waals surface area contributed by atoms with E-state index in [1.807, 2.05) is 35.5 Å². The predicted octanol–water partition coefficient (Wildman–Crippen LogP) is 2.90. The smallest absolute Gasteiger partial charge is 0.248 e. The van der Waals surface area contributed by atoms with Gasteiger partial charge in [0, 0.05) is 57.8 Å². The van der Waals surface area contributed by atoms with Crippen molar-refractivity contribution in [1.82, 2.24) is 34.9 Å². The topological polar surface area (TPSA) is 112 Å². The third-order valence-electron chi connectivity index (χ3n) is 5.72. The fourth-order valence-electron chi connectivity index (χ4n) is 4.02. The molecule has 34 heavy (non-hydrogen) atoms. The number of nitrogens with one attached hydrogen (secondary N) is 2. The number of aromatic nitrogens is 5. The Morgan fingerprint density at radius 1 is 1.21 bits per heavy atom. The molecule has 0 saturated carbocycles.